The largest absolute Gasteiger partial charge is 0.372 e. The second-order valence-electron chi connectivity index (χ2n) is 7.58. The third-order valence-electron chi connectivity index (χ3n) is 5.52. The van der Waals surface area contributed by atoms with E-state index in [1.54, 1.807) is 0 Å². The second-order valence-corrected chi connectivity index (χ2v) is 7.58. The number of ether oxygens (including phenoxy) is 1. The number of carbonyl (C=O) groups is 2. The monoisotopic (exact) mass is 385 g/mol. The van der Waals surface area contributed by atoms with E-state index in [-0.39, 0.29) is 11.9 Å². The van der Waals surface area contributed by atoms with E-state index in [0.717, 1.165) is 12.0 Å². The van der Waals surface area contributed by atoms with E-state index in [1.807, 2.05) is 59.2 Å². The summed E-state index contributed by atoms with van der Waals surface area (Å²) in [5.74, 6) is 0.138. The van der Waals surface area contributed by atoms with Crippen LogP contribution in [-0.4, -0.2) is 66.7 Å². The predicted molar refractivity (Wildman–Crippen MR) is 110 cm³/mol. The van der Waals surface area contributed by atoms with Gasteiger partial charge in [0.2, 0.25) is 5.91 Å². The fourth-order valence-corrected chi connectivity index (χ4v) is 3.79. The van der Waals surface area contributed by atoms with E-state index < -0.39 is 5.60 Å². The molecule has 28 heavy (non-hydrogen) atoms. The van der Waals surface area contributed by atoms with Gasteiger partial charge in [0.15, 0.2) is 0 Å². The van der Waals surface area contributed by atoms with Crippen LogP contribution in [0.1, 0.15) is 38.2 Å². The molecule has 152 valence electrons. The molecule has 3 rings (SSSR count). The fraction of sp³-hybridized carbons (Fsp3) is 0.545. The van der Waals surface area contributed by atoms with Crippen molar-refractivity contribution in [2.75, 3.05) is 39.3 Å². The molecule has 1 aromatic rings. The smallest absolute Gasteiger partial charge is 0.317 e. The highest BCUT2D eigenvalue weighted by Gasteiger charge is 2.41. The molecule has 2 aliphatic heterocycles. The predicted octanol–water partition coefficient (Wildman–Crippen LogP) is 2.90. The molecule has 0 saturated carbocycles. The Morgan fingerprint density at radius 3 is 2.68 bits per heavy atom. The van der Waals surface area contributed by atoms with Gasteiger partial charge in [-0.2, -0.15) is 0 Å². The van der Waals surface area contributed by atoms with E-state index in [4.69, 9.17) is 4.74 Å². The molecule has 2 saturated heterocycles. The Hall–Kier alpha value is -2.34. The molecular formula is C22H31N3O3. The van der Waals surface area contributed by atoms with Crippen molar-refractivity contribution in [3.05, 3.63) is 42.0 Å². The Labute approximate surface area is 167 Å². The van der Waals surface area contributed by atoms with Gasteiger partial charge in [-0.3, -0.25) is 4.79 Å². The van der Waals surface area contributed by atoms with Crippen LogP contribution in [0.3, 0.4) is 0 Å². The van der Waals surface area contributed by atoms with Crippen LogP contribution in [0.25, 0.3) is 6.08 Å². The van der Waals surface area contributed by atoms with Crippen LogP contribution in [0.4, 0.5) is 4.79 Å². The van der Waals surface area contributed by atoms with Crippen LogP contribution < -0.4 is 5.32 Å². The highest BCUT2D eigenvalue weighted by molar-refractivity contribution is 5.78. The molecule has 1 spiro atoms. The lowest BCUT2D eigenvalue weighted by Gasteiger charge is -2.40. The van der Waals surface area contributed by atoms with E-state index in [2.05, 4.69) is 5.32 Å². The summed E-state index contributed by atoms with van der Waals surface area (Å²) < 4.78 is 6.16. The van der Waals surface area contributed by atoms with Crippen molar-refractivity contribution in [1.29, 1.82) is 0 Å². The number of nitrogens with zero attached hydrogens (tertiary/aromatic N) is 2. The Morgan fingerprint density at radius 1 is 1.21 bits per heavy atom. The lowest BCUT2D eigenvalue weighted by Crippen LogP contribution is -2.51. The molecule has 1 N–H and O–H groups in total. The zero-order valence-corrected chi connectivity index (χ0v) is 16.7. The van der Waals surface area contributed by atoms with Crippen LogP contribution in [0.5, 0.6) is 0 Å². The van der Waals surface area contributed by atoms with Gasteiger partial charge < -0.3 is 19.9 Å². The van der Waals surface area contributed by atoms with Crippen LogP contribution >= 0.6 is 0 Å². The Morgan fingerprint density at radius 2 is 1.96 bits per heavy atom. The summed E-state index contributed by atoms with van der Waals surface area (Å²) in [7, 11) is 0. The van der Waals surface area contributed by atoms with Gasteiger partial charge in [0, 0.05) is 32.7 Å². The molecule has 6 heteroatoms. The maximum absolute atomic E-state index is 12.8. The quantitative estimate of drug-likeness (QED) is 0.848. The topological polar surface area (TPSA) is 61.9 Å². The van der Waals surface area contributed by atoms with E-state index in [1.165, 1.54) is 0 Å². The number of piperidine rings is 1. The summed E-state index contributed by atoms with van der Waals surface area (Å²) in [6.45, 7) is 5.76. The zero-order chi connectivity index (χ0) is 19.8. The molecule has 0 atom stereocenters. The van der Waals surface area contributed by atoms with Gasteiger partial charge in [0.05, 0.1) is 18.6 Å². The van der Waals surface area contributed by atoms with E-state index >= 15 is 0 Å². The standard InChI is InChI=1S/C22H31N3O3/c1-2-12-23-21(27)25-14-10-22(11-15-25)18-20(26)24(16-17-28-22)13-6-9-19-7-4-3-5-8-19/h3-9H,2,10-18H2,1H3,(H,23,27). The number of carbonyl (C=O) groups excluding carboxylic acids is 2. The number of rotatable bonds is 5. The van der Waals surface area contributed by atoms with Crippen molar-refractivity contribution >= 4 is 18.0 Å². The first-order valence-electron chi connectivity index (χ1n) is 10.3. The van der Waals surface area contributed by atoms with Crippen molar-refractivity contribution < 1.29 is 14.3 Å². The number of amides is 3. The van der Waals surface area contributed by atoms with E-state index in [0.29, 0.717) is 58.6 Å². The average Bonchev–Trinajstić information content (AvgIpc) is 2.86. The molecule has 0 radical (unpaired) electrons. The normalized spacial score (nSPS) is 19.8. The van der Waals surface area contributed by atoms with Crippen LogP contribution in [0.2, 0.25) is 0 Å². The summed E-state index contributed by atoms with van der Waals surface area (Å²) in [5.41, 5.74) is 0.711. The number of hydrogen-bond donors (Lipinski definition) is 1. The molecule has 1 aromatic carbocycles. The van der Waals surface area contributed by atoms with Crippen molar-refractivity contribution in [3.63, 3.8) is 0 Å². The molecule has 6 nitrogen and oxygen atoms in total. The number of hydrogen-bond acceptors (Lipinski definition) is 3. The Balaban J connectivity index is 1.51. The minimum atomic E-state index is -0.420. The van der Waals surface area contributed by atoms with Crippen LogP contribution in [-0.2, 0) is 9.53 Å². The first-order valence-corrected chi connectivity index (χ1v) is 10.3. The summed E-state index contributed by atoms with van der Waals surface area (Å²) in [6, 6.07) is 10.1. The number of likely N-dealkylation sites (tertiary alicyclic amines) is 1. The Kier molecular flexibility index (Phi) is 7.09. The highest BCUT2D eigenvalue weighted by Crippen LogP contribution is 2.32. The minimum Gasteiger partial charge on any atom is -0.372 e. The molecule has 2 fully saturated rings. The molecule has 0 aromatic heterocycles. The molecule has 0 bridgehead atoms. The molecular weight excluding hydrogens is 354 g/mol. The SMILES string of the molecule is CCCNC(=O)N1CCC2(CC1)CC(=O)N(CC=Cc1ccccc1)CCO2. The second kappa shape index (κ2) is 9.73. The van der Waals surface area contributed by atoms with Gasteiger partial charge in [-0.05, 0) is 24.8 Å². The summed E-state index contributed by atoms with van der Waals surface area (Å²) in [6.07, 6.45) is 6.83. The third kappa shape index (κ3) is 5.35. The molecule has 3 amide bonds. The first kappa shape index (κ1) is 20.4. The fourth-order valence-electron chi connectivity index (χ4n) is 3.79. The minimum absolute atomic E-state index is 0.00989. The summed E-state index contributed by atoms with van der Waals surface area (Å²) >= 11 is 0. The van der Waals surface area contributed by atoms with Gasteiger partial charge in [0.25, 0.3) is 0 Å². The van der Waals surface area contributed by atoms with Gasteiger partial charge in [-0.25, -0.2) is 4.79 Å². The highest BCUT2D eigenvalue weighted by atomic mass is 16.5. The summed E-state index contributed by atoms with van der Waals surface area (Å²) in [5, 5.41) is 2.92. The number of urea groups is 1. The number of benzene rings is 1. The lowest BCUT2D eigenvalue weighted by molar-refractivity contribution is -0.134. The maximum atomic E-state index is 12.8. The molecule has 0 unspecified atom stereocenters. The van der Waals surface area contributed by atoms with Gasteiger partial charge in [-0.15, -0.1) is 0 Å². The van der Waals surface area contributed by atoms with Crippen molar-refractivity contribution in [2.45, 2.75) is 38.2 Å². The van der Waals surface area contributed by atoms with Crippen molar-refractivity contribution in [3.8, 4) is 0 Å². The van der Waals surface area contributed by atoms with Crippen molar-refractivity contribution in [1.82, 2.24) is 15.1 Å². The summed E-state index contributed by atoms with van der Waals surface area (Å²) in [4.78, 5) is 28.6. The van der Waals surface area contributed by atoms with Crippen LogP contribution in [0, 0.1) is 0 Å². The Bertz CT molecular complexity index is 682. The lowest BCUT2D eigenvalue weighted by atomic mass is 9.87. The molecule has 0 aliphatic carbocycles. The zero-order valence-electron chi connectivity index (χ0n) is 16.7. The van der Waals surface area contributed by atoms with Gasteiger partial charge >= 0.3 is 6.03 Å². The average molecular weight is 386 g/mol. The molecule has 2 aliphatic rings. The van der Waals surface area contributed by atoms with Gasteiger partial charge in [-0.1, -0.05) is 49.4 Å². The molecule has 2 heterocycles. The van der Waals surface area contributed by atoms with E-state index in [9.17, 15) is 9.59 Å². The number of nitrogens with one attached hydrogen (secondary N) is 1. The maximum Gasteiger partial charge on any atom is 0.317 e. The first-order chi connectivity index (χ1) is 13.6. The van der Waals surface area contributed by atoms with Gasteiger partial charge in [0.1, 0.15) is 0 Å². The van der Waals surface area contributed by atoms with Crippen molar-refractivity contribution in [2.24, 2.45) is 0 Å². The van der Waals surface area contributed by atoms with Crippen LogP contribution in [0.15, 0.2) is 36.4 Å². The third-order valence-corrected chi connectivity index (χ3v) is 5.52.